The van der Waals surface area contributed by atoms with Crippen molar-refractivity contribution in [3.63, 3.8) is 0 Å². The smallest absolute Gasteiger partial charge is 0.304 e. The number of rotatable bonds is 7. The highest BCUT2D eigenvalue weighted by molar-refractivity contribution is 7.98. The Balaban J connectivity index is 1.92. The molecule has 1 aromatic heterocycles. The second-order valence-electron chi connectivity index (χ2n) is 4.82. The van der Waals surface area contributed by atoms with Crippen LogP contribution in [0.15, 0.2) is 35.0 Å². The number of anilines is 1. The lowest BCUT2D eigenvalue weighted by Crippen LogP contribution is -2.12. The largest absolute Gasteiger partial charge is 0.481 e. The number of aliphatic carboxylic acids is 1. The molecular formula is C16H17NO3S2. The minimum absolute atomic E-state index is 0.102. The molecule has 0 aliphatic carbocycles. The van der Waals surface area contributed by atoms with Gasteiger partial charge in [-0.2, -0.15) is 23.1 Å². The minimum atomic E-state index is -0.778. The molecule has 0 atom stereocenters. The van der Waals surface area contributed by atoms with Gasteiger partial charge >= 0.3 is 5.97 Å². The van der Waals surface area contributed by atoms with Gasteiger partial charge in [-0.15, -0.1) is 0 Å². The van der Waals surface area contributed by atoms with Crippen molar-refractivity contribution in [2.24, 2.45) is 0 Å². The van der Waals surface area contributed by atoms with Gasteiger partial charge in [0.1, 0.15) is 0 Å². The lowest BCUT2D eigenvalue weighted by Gasteiger charge is -2.07. The summed E-state index contributed by atoms with van der Waals surface area (Å²) in [6, 6.07) is 7.64. The molecule has 0 saturated carbocycles. The molecule has 0 fully saturated rings. The lowest BCUT2D eigenvalue weighted by molar-refractivity contribution is -0.136. The molecule has 4 nitrogen and oxygen atoms in total. The molecule has 0 bridgehead atoms. The summed E-state index contributed by atoms with van der Waals surface area (Å²) in [4.78, 5) is 22.6. The van der Waals surface area contributed by atoms with E-state index in [1.807, 2.05) is 41.9 Å². The van der Waals surface area contributed by atoms with E-state index in [1.54, 1.807) is 11.8 Å². The fourth-order valence-corrected chi connectivity index (χ4v) is 3.59. The van der Waals surface area contributed by atoms with Crippen LogP contribution in [0, 0.1) is 6.92 Å². The molecule has 0 aliphatic heterocycles. The molecule has 2 aromatic rings. The van der Waals surface area contributed by atoms with Crippen molar-refractivity contribution < 1.29 is 14.7 Å². The Labute approximate surface area is 137 Å². The van der Waals surface area contributed by atoms with E-state index in [0.29, 0.717) is 11.3 Å². The minimum Gasteiger partial charge on any atom is -0.481 e. The first kappa shape index (κ1) is 16.6. The van der Waals surface area contributed by atoms with E-state index in [1.165, 1.54) is 11.3 Å². The van der Waals surface area contributed by atoms with Crippen LogP contribution in [0.25, 0.3) is 0 Å². The van der Waals surface area contributed by atoms with E-state index in [4.69, 9.17) is 5.11 Å². The predicted molar refractivity (Wildman–Crippen MR) is 91.9 cm³/mol. The third-order valence-electron chi connectivity index (χ3n) is 3.01. The second-order valence-corrected chi connectivity index (χ2v) is 6.67. The van der Waals surface area contributed by atoms with Gasteiger partial charge in [-0.05, 0) is 35.6 Å². The molecule has 0 aliphatic rings. The molecule has 0 radical (unpaired) electrons. The van der Waals surface area contributed by atoms with E-state index in [-0.39, 0.29) is 12.3 Å². The monoisotopic (exact) mass is 335 g/mol. The summed E-state index contributed by atoms with van der Waals surface area (Å²) in [5.74, 6) is 0.433. The van der Waals surface area contributed by atoms with Gasteiger partial charge in [0.15, 0.2) is 0 Å². The first-order valence-corrected chi connectivity index (χ1v) is 8.88. The summed E-state index contributed by atoms with van der Waals surface area (Å²) in [6.07, 6.45) is 0.165. The maximum atomic E-state index is 12.2. The molecule has 6 heteroatoms. The Morgan fingerprint density at radius 2 is 2.14 bits per heavy atom. The van der Waals surface area contributed by atoms with Gasteiger partial charge in [0, 0.05) is 22.6 Å². The molecule has 1 heterocycles. The molecule has 116 valence electrons. The van der Waals surface area contributed by atoms with Crippen molar-refractivity contribution >= 4 is 40.7 Å². The zero-order valence-electron chi connectivity index (χ0n) is 12.2. The number of carbonyl (C=O) groups excluding carboxylic acids is 1. The van der Waals surface area contributed by atoms with Crippen molar-refractivity contribution in [2.45, 2.75) is 19.1 Å². The van der Waals surface area contributed by atoms with Crippen LogP contribution in [0.5, 0.6) is 0 Å². The molecule has 0 saturated heterocycles. The van der Waals surface area contributed by atoms with Crippen LogP contribution < -0.4 is 5.32 Å². The van der Waals surface area contributed by atoms with Gasteiger partial charge in [0.2, 0.25) is 0 Å². The summed E-state index contributed by atoms with van der Waals surface area (Å²) < 4.78 is 0. The van der Waals surface area contributed by atoms with Crippen LogP contribution in [0.2, 0.25) is 0 Å². The van der Waals surface area contributed by atoms with Gasteiger partial charge in [0.05, 0.1) is 12.0 Å². The summed E-state index contributed by atoms with van der Waals surface area (Å²) in [5, 5.41) is 15.3. The van der Waals surface area contributed by atoms with Gasteiger partial charge in [0.25, 0.3) is 5.91 Å². The number of hydrogen-bond acceptors (Lipinski definition) is 4. The highest BCUT2D eigenvalue weighted by Gasteiger charge is 2.10. The van der Waals surface area contributed by atoms with Crippen LogP contribution in [-0.2, 0) is 10.5 Å². The quantitative estimate of drug-likeness (QED) is 0.750. The standard InChI is InChI=1S/C16H17NO3S2/c1-11-8-22-10-14(11)16(20)17-13-4-2-3-12(7-13)9-21-6-5-15(18)19/h2-4,7-8,10H,5-6,9H2,1H3,(H,17,20)(H,18,19). The van der Waals surface area contributed by atoms with Crippen LogP contribution >= 0.6 is 23.1 Å². The van der Waals surface area contributed by atoms with E-state index >= 15 is 0 Å². The van der Waals surface area contributed by atoms with E-state index < -0.39 is 5.97 Å². The van der Waals surface area contributed by atoms with Crippen molar-refractivity contribution in [3.05, 3.63) is 51.7 Å². The highest BCUT2D eigenvalue weighted by Crippen LogP contribution is 2.19. The SMILES string of the molecule is Cc1cscc1C(=O)Nc1cccc(CSCCC(=O)O)c1. The molecule has 1 aromatic carbocycles. The Bertz CT molecular complexity index is 667. The van der Waals surface area contributed by atoms with Gasteiger partial charge in [-0.3, -0.25) is 9.59 Å². The third-order valence-corrected chi connectivity index (χ3v) is 4.91. The van der Waals surface area contributed by atoms with Gasteiger partial charge < -0.3 is 10.4 Å². The molecule has 0 spiro atoms. The van der Waals surface area contributed by atoms with Gasteiger partial charge in [-0.1, -0.05) is 12.1 Å². The van der Waals surface area contributed by atoms with Crippen molar-refractivity contribution in [1.29, 1.82) is 0 Å². The van der Waals surface area contributed by atoms with Crippen molar-refractivity contribution in [3.8, 4) is 0 Å². The number of nitrogens with one attached hydrogen (secondary N) is 1. The number of thioether (sulfide) groups is 1. The second kappa shape index (κ2) is 8.00. The molecule has 22 heavy (non-hydrogen) atoms. The average molecular weight is 335 g/mol. The van der Waals surface area contributed by atoms with Crippen LogP contribution in [-0.4, -0.2) is 22.7 Å². The number of benzene rings is 1. The molecule has 2 rings (SSSR count). The number of aryl methyl sites for hydroxylation is 1. The Hall–Kier alpha value is -1.79. The zero-order valence-corrected chi connectivity index (χ0v) is 13.8. The summed E-state index contributed by atoms with van der Waals surface area (Å²) >= 11 is 3.08. The highest BCUT2D eigenvalue weighted by atomic mass is 32.2. The Morgan fingerprint density at radius 1 is 1.32 bits per heavy atom. The molecule has 1 amide bonds. The number of thiophene rings is 1. The average Bonchev–Trinajstić information content (AvgIpc) is 2.90. The first-order valence-electron chi connectivity index (χ1n) is 6.79. The van der Waals surface area contributed by atoms with E-state index in [2.05, 4.69) is 5.32 Å². The van der Waals surface area contributed by atoms with Crippen molar-refractivity contribution in [2.75, 3.05) is 11.1 Å². The number of carboxylic acids is 1. The topological polar surface area (TPSA) is 66.4 Å². The summed E-state index contributed by atoms with van der Waals surface area (Å²) in [6.45, 7) is 1.92. The number of amides is 1. The number of carboxylic acid groups (broad SMARTS) is 1. The van der Waals surface area contributed by atoms with Crippen LogP contribution in [0.1, 0.15) is 27.9 Å². The fourth-order valence-electron chi connectivity index (χ4n) is 1.88. The van der Waals surface area contributed by atoms with Crippen molar-refractivity contribution in [1.82, 2.24) is 0 Å². The molecule has 2 N–H and O–H groups in total. The Morgan fingerprint density at radius 3 is 2.82 bits per heavy atom. The maximum absolute atomic E-state index is 12.2. The number of carbonyl (C=O) groups is 2. The summed E-state index contributed by atoms with van der Waals surface area (Å²) in [5.41, 5.74) is 3.50. The van der Waals surface area contributed by atoms with Gasteiger partial charge in [-0.25, -0.2) is 0 Å². The predicted octanol–water partition coefficient (Wildman–Crippen LogP) is 4.02. The maximum Gasteiger partial charge on any atom is 0.304 e. The zero-order chi connectivity index (χ0) is 15.9. The van der Waals surface area contributed by atoms with Crippen LogP contribution in [0.4, 0.5) is 5.69 Å². The molecular weight excluding hydrogens is 318 g/mol. The number of hydrogen-bond donors (Lipinski definition) is 2. The fraction of sp³-hybridized carbons (Fsp3) is 0.250. The van der Waals surface area contributed by atoms with Crippen LogP contribution in [0.3, 0.4) is 0 Å². The lowest BCUT2D eigenvalue weighted by atomic mass is 10.2. The molecule has 0 unspecified atom stereocenters. The van der Waals surface area contributed by atoms with E-state index in [9.17, 15) is 9.59 Å². The first-order chi connectivity index (χ1) is 10.6. The Kier molecular flexibility index (Phi) is 6.03. The van der Waals surface area contributed by atoms with E-state index in [0.717, 1.165) is 22.6 Å². The third kappa shape index (κ3) is 4.89. The normalized spacial score (nSPS) is 10.4. The summed E-state index contributed by atoms with van der Waals surface area (Å²) in [7, 11) is 0.